The molecule has 3 aliphatic rings. The minimum Gasteiger partial charge on any atom is -0.370 e. The number of rotatable bonds is 3. The standard InChI is InChI=1S/C14H25NO3S/c16-19(17)9-3-4-12(11-19)15-10-13-5-8-14(18-13)6-1-2-7-14/h12-13,15H,1-11H2. The predicted molar refractivity (Wildman–Crippen MR) is 75.0 cm³/mol. The molecule has 0 radical (unpaired) electrons. The van der Waals surface area contributed by atoms with Crippen molar-refractivity contribution in [2.24, 2.45) is 0 Å². The highest BCUT2D eigenvalue weighted by Crippen LogP contribution is 2.43. The first-order valence-electron chi connectivity index (χ1n) is 7.69. The van der Waals surface area contributed by atoms with Crippen LogP contribution in [0.25, 0.3) is 0 Å². The molecule has 1 aliphatic carbocycles. The van der Waals surface area contributed by atoms with Crippen molar-refractivity contribution >= 4 is 9.84 Å². The molecule has 0 bridgehead atoms. The lowest BCUT2D eigenvalue weighted by molar-refractivity contribution is -0.0358. The number of sulfone groups is 1. The molecular weight excluding hydrogens is 262 g/mol. The molecule has 2 unspecified atom stereocenters. The largest absolute Gasteiger partial charge is 0.370 e. The van der Waals surface area contributed by atoms with Crippen LogP contribution in [0.2, 0.25) is 0 Å². The molecule has 4 nitrogen and oxygen atoms in total. The summed E-state index contributed by atoms with van der Waals surface area (Å²) >= 11 is 0. The van der Waals surface area contributed by atoms with Gasteiger partial charge in [-0.3, -0.25) is 0 Å². The monoisotopic (exact) mass is 287 g/mol. The highest BCUT2D eigenvalue weighted by atomic mass is 32.2. The summed E-state index contributed by atoms with van der Waals surface area (Å²) in [6.45, 7) is 0.821. The summed E-state index contributed by atoms with van der Waals surface area (Å²) in [5.41, 5.74) is 0.186. The van der Waals surface area contributed by atoms with Gasteiger partial charge in [-0.25, -0.2) is 8.42 Å². The zero-order valence-corrected chi connectivity index (χ0v) is 12.4. The third kappa shape index (κ3) is 3.31. The zero-order valence-electron chi connectivity index (χ0n) is 11.6. The molecule has 110 valence electrons. The molecule has 2 heterocycles. The highest BCUT2D eigenvalue weighted by molar-refractivity contribution is 7.91. The normalized spacial score (nSPS) is 36.8. The van der Waals surface area contributed by atoms with Gasteiger partial charge < -0.3 is 10.1 Å². The van der Waals surface area contributed by atoms with Crippen LogP contribution in [-0.2, 0) is 14.6 Å². The van der Waals surface area contributed by atoms with Gasteiger partial charge in [0.05, 0.1) is 23.2 Å². The van der Waals surface area contributed by atoms with Crippen molar-refractivity contribution in [3.05, 3.63) is 0 Å². The van der Waals surface area contributed by atoms with Gasteiger partial charge >= 0.3 is 0 Å². The average molecular weight is 287 g/mol. The Kier molecular flexibility index (Phi) is 3.89. The van der Waals surface area contributed by atoms with Gasteiger partial charge in [0.15, 0.2) is 9.84 Å². The van der Waals surface area contributed by atoms with E-state index >= 15 is 0 Å². The van der Waals surface area contributed by atoms with Crippen LogP contribution in [0.3, 0.4) is 0 Å². The van der Waals surface area contributed by atoms with Gasteiger partial charge in [-0.05, 0) is 38.5 Å². The quantitative estimate of drug-likeness (QED) is 0.857. The zero-order chi connectivity index (χ0) is 13.3. The van der Waals surface area contributed by atoms with E-state index in [1.807, 2.05) is 0 Å². The van der Waals surface area contributed by atoms with E-state index in [0.29, 0.717) is 17.6 Å². The van der Waals surface area contributed by atoms with Crippen LogP contribution in [0.4, 0.5) is 0 Å². The summed E-state index contributed by atoms with van der Waals surface area (Å²) in [6.07, 6.45) is 9.47. The maximum Gasteiger partial charge on any atom is 0.151 e. The SMILES string of the molecule is O=S1(=O)CCCC(NCC2CCC3(CCCC3)O2)C1. The molecule has 1 N–H and O–H groups in total. The van der Waals surface area contributed by atoms with Gasteiger partial charge in [0.1, 0.15) is 0 Å². The van der Waals surface area contributed by atoms with Crippen molar-refractivity contribution in [2.75, 3.05) is 18.1 Å². The van der Waals surface area contributed by atoms with Crippen molar-refractivity contribution in [3.8, 4) is 0 Å². The van der Waals surface area contributed by atoms with E-state index < -0.39 is 9.84 Å². The first-order valence-corrected chi connectivity index (χ1v) is 9.51. The minimum atomic E-state index is -2.80. The second-order valence-corrected chi connectivity index (χ2v) is 8.76. The van der Waals surface area contributed by atoms with Gasteiger partial charge in [-0.1, -0.05) is 12.8 Å². The van der Waals surface area contributed by atoms with Gasteiger partial charge in [0.25, 0.3) is 0 Å². The predicted octanol–water partition coefficient (Wildman–Crippen LogP) is 1.64. The number of hydrogen-bond acceptors (Lipinski definition) is 4. The van der Waals surface area contributed by atoms with E-state index in [0.717, 1.165) is 25.8 Å². The highest BCUT2D eigenvalue weighted by Gasteiger charge is 2.42. The summed E-state index contributed by atoms with van der Waals surface area (Å²) in [5, 5.41) is 3.42. The molecule has 5 heteroatoms. The van der Waals surface area contributed by atoms with Crippen molar-refractivity contribution < 1.29 is 13.2 Å². The summed E-state index contributed by atoms with van der Waals surface area (Å²) in [5.74, 6) is 0.680. The third-order valence-electron chi connectivity index (χ3n) is 4.95. The average Bonchev–Trinajstić information content (AvgIpc) is 2.97. The van der Waals surface area contributed by atoms with E-state index in [1.165, 1.54) is 32.1 Å². The van der Waals surface area contributed by atoms with Gasteiger partial charge in [-0.2, -0.15) is 0 Å². The fraction of sp³-hybridized carbons (Fsp3) is 1.00. The van der Waals surface area contributed by atoms with Crippen LogP contribution in [-0.4, -0.2) is 44.2 Å². The molecule has 1 saturated carbocycles. The lowest BCUT2D eigenvalue weighted by Gasteiger charge is -2.27. The van der Waals surface area contributed by atoms with Crippen molar-refractivity contribution in [1.82, 2.24) is 5.32 Å². The first-order chi connectivity index (χ1) is 9.07. The van der Waals surface area contributed by atoms with Crippen LogP contribution in [0.1, 0.15) is 51.4 Å². The van der Waals surface area contributed by atoms with E-state index in [9.17, 15) is 8.42 Å². The van der Waals surface area contributed by atoms with Gasteiger partial charge in [-0.15, -0.1) is 0 Å². The van der Waals surface area contributed by atoms with E-state index in [-0.39, 0.29) is 11.6 Å². The summed E-state index contributed by atoms with van der Waals surface area (Å²) < 4.78 is 29.4. The van der Waals surface area contributed by atoms with Crippen LogP contribution in [0, 0.1) is 0 Å². The van der Waals surface area contributed by atoms with Crippen molar-refractivity contribution in [1.29, 1.82) is 0 Å². The Morgan fingerprint density at radius 2 is 1.89 bits per heavy atom. The van der Waals surface area contributed by atoms with Gasteiger partial charge in [0, 0.05) is 12.6 Å². The molecule has 2 atom stereocenters. The van der Waals surface area contributed by atoms with Gasteiger partial charge in [0.2, 0.25) is 0 Å². The van der Waals surface area contributed by atoms with Crippen molar-refractivity contribution in [2.45, 2.75) is 69.1 Å². The molecule has 2 aliphatic heterocycles. The Morgan fingerprint density at radius 1 is 1.11 bits per heavy atom. The fourth-order valence-electron chi connectivity index (χ4n) is 3.91. The summed E-state index contributed by atoms with van der Waals surface area (Å²) in [6, 6.07) is 0.141. The molecule has 0 aromatic rings. The van der Waals surface area contributed by atoms with Crippen LogP contribution < -0.4 is 5.32 Å². The Bertz CT molecular complexity index is 414. The second-order valence-electron chi connectivity index (χ2n) is 6.53. The fourth-order valence-corrected chi connectivity index (χ4v) is 5.58. The van der Waals surface area contributed by atoms with E-state index in [1.54, 1.807) is 0 Å². The van der Waals surface area contributed by atoms with Crippen LogP contribution in [0.5, 0.6) is 0 Å². The van der Waals surface area contributed by atoms with Crippen LogP contribution >= 0.6 is 0 Å². The molecule has 0 aromatic carbocycles. The van der Waals surface area contributed by atoms with Crippen LogP contribution in [0.15, 0.2) is 0 Å². The summed E-state index contributed by atoms with van der Waals surface area (Å²) in [4.78, 5) is 0. The van der Waals surface area contributed by atoms with E-state index in [2.05, 4.69) is 5.32 Å². The minimum absolute atomic E-state index is 0.141. The third-order valence-corrected chi connectivity index (χ3v) is 6.77. The maximum atomic E-state index is 11.6. The maximum absolute atomic E-state index is 11.6. The lowest BCUT2D eigenvalue weighted by atomic mass is 9.98. The topological polar surface area (TPSA) is 55.4 Å². The molecule has 1 spiro atoms. The molecule has 19 heavy (non-hydrogen) atoms. The molecular formula is C14H25NO3S. The van der Waals surface area contributed by atoms with E-state index in [4.69, 9.17) is 4.74 Å². The molecule has 3 fully saturated rings. The first kappa shape index (κ1) is 13.8. The Morgan fingerprint density at radius 3 is 2.63 bits per heavy atom. The lowest BCUT2D eigenvalue weighted by Crippen LogP contribution is -2.43. The Labute approximate surface area is 116 Å². The molecule has 3 rings (SSSR count). The summed E-state index contributed by atoms with van der Waals surface area (Å²) in [7, 11) is -2.80. The van der Waals surface area contributed by atoms with Crippen molar-refractivity contribution in [3.63, 3.8) is 0 Å². The molecule has 0 amide bonds. The number of ether oxygens (including phenoxy) is 1. The molecule has 2 saturated heterocycles. The number of nitrogens with one attached hydrogen (secondary N) is 1. The molecule has 0 aromatic heterocycles. The number of hydrogen-bond donors (Lipinski definition) is 1. The Hall–Kier alpha value is -0.130. The smallest absolute Gasteiger partial charge is 0.151 e. The second kappa shape index (κ2) is 5.34. The Balaban J connectivity index is 1.45.